The van der Waals surface area contributed by atoms with Gasteiger partial charge in [-0.25, -0.2) is 4.98 Å². The van der Waals surface area contributed by atoms with Gasteiger partial charge in [0.2, 0.25) is 5.75 Å². The van der Waals surface area contributed by atoms with Crippen molar-refractivity contribution in [3.05, 3.63) is 16.7 Å². The van der Waals surface area contributed by atoms with E-state index >= 15 is 0 Å². The standard InChI is InChI=1S/C12H20N4O2/c1-13-7-9-3-5-16(6-4-9)11-10(18-2)12(17)15-8-14-11/h8-9,13H,3-7H2,1-2H3,(H,14,15,17). The Morgan fingerprint density at radius 2 is 2.28 bits per heavy atom. The number of nitrogens with zero attached hydrogens (tertiary/aromatic N) is 2. The Balaban J connectivity index is 2.10. The van der Waals surface area contributed by atoms with Crippen LogP contribution in [0, 0.1) is 5.92 Å². The number of piperidine rings is 1. The van der Waals surface area contributed by atoms with Crippen molar-refractivity contribution < 1.29 is 4.74 Å². The van der Waals surface area contributed by atoms with Crippen molar-refractivity contribution in [3.63, 3.8) is 0 Å². The maximum Gasteiger partial charge on any atom is 0.295 e. The van der Waals surface area contributed by atoms with Crippen molar-refractivity contribution in [2.75, 3.05) is 38.7 Å². The first-order valence-corrected chi connectivity index (χ1v) is 6.27. The highest BCUT2D eigenvalue weighted by atomic mass is 16.5. The summed E-state index contributed by atoms with van der Waals surface area (Å²) in [5.74, 6) is 1.67. The first-order chi connectivity index (χ1) is 8.76. The van der Waals surface area contributed by atoms with Crippen molar-refractivity contribution in [1.29, 1.82) is 0 Å². The Morgan fingerprint density at radius 3 is 2.89 bits per heavy atom. The summed E-state index contributed by atoms with van der Waals surface area (Å²) in [5.41, 5.74) is -0.222. The predicted octanol–water partition coefficient (Wildman–Crippen LogP) is 0.214. The van der Waals surface area contributed by atoms with Gasteiger partial charge in [-0.05, 0) is 32.4 Å². The summed E-state index contributed by atoms with van der Waals surface area (Å²) in [4.78, 5) is 20.5. The zero-order chi connectivity index (χ0) is 13.0. The number of aromatic amines is 1. The molecular weight excluding hydrogens is 232 g/mol. The molecule has 1 aliphatic rings. The molecule has 1 aliphatic heterocycles. The molecule has 0 aliphatic carbocycles. The lowest BCUT2D eigenvalue weighted by Gasteiger charge is -2.33. The van der Waals surface area contributed by atoms with Crippen molar-refractivity contribution >= 4 is 5.82 Å². The van der Waals surface area contributed by atoms with E-state index in [9.17, 15) is 4.79 Å². The number of H-pyrrole nitrogens is 1. The van der Waals surface area contributed by atoms with Gasteiger partial charge < -0.3 is 19.9 Å². The molecule has 0 aromatic carbocycles. The van der Waals surface area contributed by atoms with Crippen molar-refractivity contribution in [2.45, 2.75) is 12.8 Å². The number of aromatic nitrogens is 2. The molecule has 0 amide bonds. The fourth-order valence-corrected chi connectivity index (χ4v) is 2.42. The highest BCUT2D eigenvalue weighted by Gasteiger charge is 2.23. The molecule has 6 nitrogen and oxygen atoms in total. The average Bonchev–Trinajstić information content (AvgIpc) is 2.40. The summed E-state index contributed by atoms with van der Waals surface area (Å²) in [6, 6.07) is 0. The van der Waals surface area contributed by atoms with Gasteiger partial charge in [0.05, 0.1) is 13.4 Å². The van der Waals surface area contributed by atoms with E-state index in [4.69, 9.17) is 4.74 Å². The number of methoxy groups -OCH3 is 1. The molecule has 0 atom stereocenters. The second kappa shape index (κ2) is 5.86. The van der Waals surface area contributed by atoms with Crippen molar-refractivity contribution in [3.8, 4) is 5.75 Å². The molecule has 0 saturated carbocycles. The summed E-state index contributed by atoms with van der Waals surface area (Å²) in [7, 11) is 3.48. The van der Waals surface area contributed by atoms with Crippen LogP contribution in [-0.2, 0) is 0 Å². The van der Waals surface area contributed by atoms with Gasteiger partial charge in [0.25, 0.3) is 5.56 Å². The molecule has 1 aromatic rings. The van der Waals surface area contributed by atoms with Gasteiger partial charge >= 0.3 is 0 Å². The molecule has 18 heavy (non-hydrogen) atoms. The second-order valence-electron chi connectivity index (χ2n) is 4.58. The van der Waals surface area contributed by atoms with Crippen LogP contribution in [0.15, 0.2) is 11.1 Å². The highest BCUT2D eigenvalue weighted by Crippen LogP contribution is 2.25. The zero-order valence-electron chi connectivity index (χ0n) is 10.9. The van der Waals surface area contributed by atoms with Crippen LogP contribution in [0.1, 0.15) is 12.8 Å². The second-order valence-corrected chi connectivity index (χ2v) is 4.58. The molecule has 2 heterocycles. The van der Waals surface area contributed by atoms with Crippen LogP contribution in [0.2, 0.25) is 0 Å². The van der Waals surface area contributed by atoms with Crippen molar-refractivity contribution in [1.82, 2.24) is 15.3 Å². The van der Waals surface area contributed by atoms with E-state index < -0.39 is 0 Å². The van der Waals surface area contributed by atoms with Crippen LogP contribution in [0.4, 0.5) is 5.82 Å². The molecule has 0 bridgehead atoms. The van der Waals surface area contributed by atoms with Gasteiger partial charge in [0.1, 0.15) is 0 Å². The van der Waals surface area contributed by atoms with Crippen LogP contribution < -0.4 is 20.5 Å². The Morgan fingerprint density at radius 1 is 1.56 bits per heavy atom. The van der Waals surface area contributed by atoms with Crippen LogP contribution >= 0.6 is 0 Å². The quantitative estimate of drug-likeness (QED) is 0.802. The van der Waals surface area contributed by atoms with Gasteiger partial charge in [-0.2, -0.15) is 0 Å². The monoisotopic (exact) mass is 252 g/mol. The van der Waals surface area contributed by atoms with Crippen LogP contribution in [0.5, 0.6) is 5.75 Å². The fourth-order valence-electron chi connectivity index (χ4n) is 2.42. The minimum absolute atomic E-state index is 0.222. The normalized spacial score (nSPS) is 16.9. The third-order valence-corrected chi connectivity index (χ3v) is 3.40. The third-order valence-electron chi connectivity index (χ3n) is 3.40. The molecule has 0 spiro atoms. The molecule has 0 unspecified atom stereocenters. The Hall–Kier alpha value is -1.56. The topological polar surface area (TPSA) is 70.2 Å². The molecule has 100 valence electrons. The first kappa shape index (κ1) is 12.9. The number of hydrogen-bond donors (Lipinski definition) is 2. The fraction of sp³-hybridized carbons (Fsp3) is 0.667. The molecule has 2 rings (SSSR count). The predicted molar refractivity (Wildman–Crippen MR) is 70.3 cm³/mol. The van der Waals surface area contributed by atoms with E-state index in [2.05, 4.69) is 20.2 Å². The molecular formula is C12H20N4O2. The van der Waals surface area contributed by atoms with E-state index in [0.717, 1.165) is 32.5 Å². The largest absolute Gasteiger partial charge is 0.489 e. The third kappa shape index (κ3) is 2.64. The minimum atomic E-state index is -0.222. The van der Waals surface area contributed by atoms with Crippen LogP contribution in [0.3, 0.4) is 0 Å². The molecule has 6 heteroatoms. The molecule has 1 saturated heterocycles. The Kier molecular flexibility index (Phi) is 4.19. The number of ether oxygens (including phenoxy) is 1. The summed E-state index contributed by atoms with van der Waals surface area (Å²) < 4.78 is 5.14. The number of nitrogens with one attached hydrogen (secondary N) is 2. The summed E-state index contributed by atoms with van der Waals surface area (Å²) >= 11 is 0. The van der Waals surface area contributed by atoms with Crippen LogP contribution in [0.25, 0.3) is 0 Å². The minimum Gasteiger partial charge on any atom is -0.489 e. The van der Waals surface area contributed by atoms with E-state index in [0.29, 0.717) is 17.5 Å². The van der Waals surface area contributed by atoms with Crippen LogP contribution in [-0.4, -0.2) is 43.8 Å². The summed E-state index contributed by atoms with van der Waals surface area (Å²) in [5, 5.41) is 3.21. The van der Waals surface area contributed by atoms with E-state index in [1.54, 1.807) is 0 Å². The summed E-state index contributed by atoms with van der Waals surface area (Å²) in [6.45, 7) is 2.88. The Labute approximate surface area is 106 Å². The van der Waals surface area contributed by atoms with Gasteiger partial charge in [0.15, 0.2) is 5.82 Å². The Bertz CT molecular complexity index is 438. The SMILES string of the molecule is CNCC1CCN(c2nc[nH]c(=O)c2OC)CC1. The molecule has 1 aromatic heterocycles. The van der Waals surface area contributed by atoms with E-state index in [-0.39, 0.29) is 5.56 Å². The summed E-state index contributed by atoms with van der Waals surface area (Å²) in [6.07, 6.45) is 3.65. The number of rotatable bonds is 4. The maximum absolute atomic E-state index is 11.6. The van der Waals surface area contributed by atoms with Gasteiger partial charge in [-0.3, -0.25) is 4.79 Å². The number of hydrogen-bond acceptors (Lipinski definition) is 5. The number of anilines is 1. The average molecular weight is 252 g/mol. The van der Waals surface area contributed by atoms with E-state index in [1.165, 1.54) is 13.4 Å². The molecule has 2 N–H and O–H groups in total. The van der Waals surface area contributed by atoms with Crippen molar-refractivity contribution in [2.24, 2.45) is 5.92 Å². The highest BCUT2D eigenvalue weighted by molar-refractivity contribution is 5.50. The van der Waals surface area contributed by atoms with Gasteiger partial charge in [-0.1, -0.05) is 0 Å². The zero-order valence-corrected chi connectivity index (χ0v) is 10.9. The lowest BCUT2D eigenvalue weighted by Crippen LogP contribution is -2.38. The van der Waals surface area contributed by atoms with Gasteiger partial charge in [-0.15, -0.1) is 0 Å². The first-order valence-electron chi connectivity index (χ1n) is 6.27. The molecule has 1 fully saturated rings. The van der Waals surface area contributed by atoms with E-state index in [1.807, 2.05) is 7.05 Å². The lowest BCUT2D eigenvalue weighted by molar-refractivity contribution is 0.379. The maximum atomic E-state index is 11.6. The van der Waals surface area contributed by atoms with Gasteiger partial charge in [0, 0.05) is 13.1 Å². The lowest BCUT2D eigenvalue weighted by atomic mass is 9.97. The molecule has 0 radical (unpaired) electrons. The smallest absolute Gasteiger partial charge is 0.295 e.